The van der Waals surface area contributed by atoms with Crippen LogP contribution in [-0.4, -0.2) is 29.9 Å². The maximum Gasteiger partial charge on any atom is 0.340 e. The number of rotatable bonds is 2. The van der Waals surface area contributed by atoms with Crippen LogP contribution in [0, 0.1) is 23.7 Å². The largest absolute Gasteiger partial charge is 0.432 e. The van der Waals surface area contributed by atoms with Crippen LogP contribution in [0.3, 0.4) is 0 Å². The van der Waals surface area contributed by atoms with Crippen LogP contribution in [0.5, 0.6) is 0 Å². The summed E-state index contributed by atoms with van der Waals surface area (Å²) in [5.41, 5.74) is -0.119. The number of carbonyl (C=O) groups excluding carboxylic acids is 1. The van der Waals surface area contributed by atoms with Crippen molar-refractivity contribution >= 4 is 5.97 Å². The van der Waals surface area contributed by atoms with E-state index in [2.05, 4.69) is 13.8 Å². The molecule has 4 heterocycles. The number of esters is 1. The molecule has 1 aliphatic carbocycles. The molecule has 1 aromatic rings. The molecule has 8 atom stereocenters. The number of carbonyl (C=O) groups is 1. The van der Waals surface area contributed by atoms with E-state index < -0.39 is 24.0 Å². The lowest BCUT2D eigenvalue weighted by Gasteiger charge is -2.59. The summed E-state index contributed by atoms with van der Waals surface area (Å²) >= 11 is 0. The second-order valence-electron chi connectivity index (χ2n) is 9.05. The average molecular weight is 388 g/mol. The Morgan fingerprint density at radius 2 is 1.86 bits per heavy atom. The number of ether oxygens (including phenoxy) is 3. The minimum Gasteiger partial charge on any atom is -0.432 e. The zero-order valence-corrected chi connectivity index (χ0v) is 16.6. The highest BCUT2D eigenvalue weighted by molar-refractivity contribution is 5.89. The highest BCUT2D eigenvalue weighted by Gasteiger charge is 2.69. The minimum atomic E-state index is -0.827. The molecule has 2 bridgehead atoms. The molecule has 4 saturated heterocycles. The van der Waals surface area contributed by atoms with E-state index >= 15 is 0 Å². The monoisotopic (exact) mass is 388 g/mol. The van der Waals surface area contributed by atoms with Crippen molar-refractivity contribution < 1.29 is 28.8 Å². The van der Waals surface area contributed by atoms with Crippen molar-refractivity contribution in [3.8, 4) is 0 Å². The Morgan fingerprint density at radius 3 is 2.64 bits per heavy atom. The lowest BCUT2D eigenvalue weighted by molar-refractivity contribution is -0.576. The lowest BCUT2D eigenvalue weighted by Crippen LogP contribution is -2.70. The fourth-order valence-corrected chi connectivity index (χ4v) is 5.75. The van der Waals surface area contributed by atoms with Gasteiger partial charge in [0.2, 0.25) is 12.1 Å². The molecule has 6 rings (SSSR count). The van der Waals surface area contributed by atoms with Gasteiger partial charge >= 0.3 is 5.97 Å². The van der Waals surface area contributed by atoms with Crippen LogP contribution in [0.1, 0.15) is 56.8 Å². The molecule has 6 heteroatoms. The third-order valence-electron chi connectivity index (χ3n) is 7.33. The molecule has 0 N–H and O–H groups in total. The Morgan fingerprint density at radius 1 is 1.07 bits per heavy atom. The first kappa shape index (κ1) is 18.6. The summed E-state index contributed by atoms with van der Waals surface area (Å²) in [6, 6.07) is 9.01. The third-order valence-corrected chi connectivity index (χ3v) is 7.33. The van der Waals surface area contributed by atoms with Crippen LogP contribution in [0.25, 0.3) is 0 Å². The number of hydrogen-bond donors (Lipinski definition) is 0. The van der Waals surface area contributed by atoms with Crippen LogP contribution in [-0.2, 0) is 24.0 Å². The maximum absolute atomic E-state index is 12.6. The van der Waals surface area contributed by atoms with Gasteiger partial charge in [-0.05, 0) is 50.2 Å². The van der Waals surface area contributed by atoms with E-state index in [1.165, 1.54) is 0 Å². The highest BCUT2D eigenvalue weighted by atomic mass is 17.3. The quantitative estimate of drug-likeness (QED) is 0.563. The summed E-state index contributed by atoms with van der Waals surface area (Å²) in [5, 5.41) is 0. The molecular formula is C22H28O6. The molecule has 1 unspecified atom stereocenters. The highest BCUT2D eigenvalue weighted by Crippen LogP contribution is 2.60. The van der Waals surface area contributed by atoms with Crippen molar-refractivity contribution in [1.82, 2.24) is 0 Å². The van der Waals surface area contributed by atoms with Gasteiger partial charge in [-0.2, -0.15) is 0 Å². The summed E-state index contributed by atoms with van der Waals surface area (Å²) in [4.78, 5) is 24.5. The first-order valence-corrected chi connectivity index (χ1v) is 10.4. The molecule has 0 aromatic heterocycles. The topological polar surface area (TPSA) is 63.2 Å². The summed E-state index contributed by atoms with van der Waals surface area (Å²) in [5.74, 6) is -0.278. The van der Waals surface area contributed by atoms with Gasteiger partial charge in [-0.1, -0.05) is 32.0 Å². The maximum atomic E-state index is 12.6. The van der Waals surface area contributed by atoms with Crippen LogP contribution < -0.4 is 0 Å². The van der Waals surface area contributed by atoms with Gasteiger partial charge in [0, 0.05) is 18.3 Å². The van der Waals surface area contributed by atoms with E-state index in [4.69, 9.17) is 24.0 Å². The minimum absolute atomic E-state index is 0.0198. The SMILES string of the molecule is C[C@H]1[C@H](OC(=O)c2ccccc2)O[C@@H]2OC3(C)CC[C@H]4[C@H](C)CC[C@@H]1[C@@]24OO3. The molecule has 5 aliphatic rings. The normalized spacial score (nSPS) is 47.1. The van der Waals surface area contributed by atoms with Crippen LogP contribution >= 0.6 is 0 Å². The van der Waals surface area contributed by atoms with Gasteiger partial charge in [0.1, 0.15) is 0 Å². The first-order chi connectivity index (χ1) is 13.4. The Hall–Kier alpha value is -1.47. The van der Waals surface area contributed by atoms with Crippen molar-refractivity contribution in [2.75, 3.05) is 0 Å². The fourth-order valence-electron chi connectivity index (χ4n) is 5.75. The number of benzene rings is 1. The van der Waals surface area contributed by atoms with E-state index in [0.29, 0.717) is 17.4 Å². The molecule has 0 amide bonds. The fraction of sp³-hybridized carbons (Fsp3) is 0.682. The average Bonchev–Trinajstić information content (AvgIpc) is 2.92. The molecule has 1 aromatic carbocycles. The Bertz CT molecular complexity index is 753. The molecule has 152 valence electrons. The second kappa shape index (κ2) is 6.52. The van der Waals surface area contributed by atoms with Crippen molar-refractivity contribution in [2.45, 2.75) is 70.4 Å². The van der Waals surface area contributed by atoms with Crippen molar-refractivity contribution in [3.05, 3.63) is 35.9 Å². The predicted molar refractivity (Wildman–Crippen MR) is 98.7 cm³/mol. The lowest BCUT2D eigenvalue weighted by atomic mass is 9.58. The Labute approximate surface area is 165 Å². The summed E-state index contributed by atoms with van der Waals surface area (Å²) in [6.07, 6.45) is 2.56. The molecule has 4 aliphatic heterocycles. The number of hydrogen-bond acceptors (Lipinski definition) is 6. The van der Waals surface area contributed by atoms with Gasteiger partial charge in [0.25, 0.3) is 0 Å². The second-order valence-corrected chi connectivity index (χ2v) is 9.05. The molecule has 28 heavy (non-hydrogen) atoms. The van der Waals surface area contributed by atoms with E-state index in [1.807, 2.05) is 25.1 Å². The van der Waals surface area contributed by atoms with Gasteiger partial charge in [-0.3, -0.25) is 0 Å². The van der Waals surface area contributed by atoms with Gasteiger partial charge < -0.3 is 14.2 Å². The van der Waals surface area contributed by atoms with E-state index in [9.17, 15) is 4.79 Å². The standard InChI is InChI=1S/C22H28O6/c1-13-9-10-17-14(2)19(24-18(23)15-7-5-4-6-8-15)25-20-22(17)16(13)11-12-21(3,26-20)27-28-22/h4-8,13-14,16-17,19-20H,9-12H2,1-3H3/t13-,14-,16+,17+,19-,20-,21?,22-/m1/s1. The van der Waals surface area contributed by atoms with Gasteiger partial charge in [0.05, 0.1) is 5.56 Å². The number of fused-ring (bicyclic) bond motifs is 2. The van der Waals surface area contributed by atoms with Crippen LogP contribution in [0.15, 0.2) is 30.3 Å². The molecule has 6 nitrogen and oxygen atoms in total. The zero-order valence-electron chi connectivity index (χ0n) is 16.6. The summed E-state index contributed by atoms with van der Waals surface area (Å²) in [6.45, 7) is 6.25. The van der Waals surface area contributed by atoms with Gasteiger partial charge in [-0.15, -0.1) is 0 Å². The van der Waals surface area contributed by atoms with Gasteiger partial charge in [-0.25, -0.2) is 14.6 Å². The van der Waals surface area contributed by atoms with Crippen LogP contribution in [0.4, 0.5) is 0 Å². The van der Waals surface area contributed by atoms with Crippen molar-refractivity contribution in [1.29, 1.82) is 0 Å². The molecule has 1 spiro atoms. The summed E-state index contributed by atoms with van der Waals surface area (Å²) < 4.78 is 18.4. The van der Waals surface area contributed by atoms with E-state index in [1.54, 1.807) is 12.1 Å². The first-order valence-electron chi connectivity index (χ1n) is 10.4. The molecular weight excluding hydrogens is 360 g/mol. The molecule has 0 radical (unpaired) electrons. The van der Waals surface area contributed by atoms with Gasteiger partial charge in [0.15, 0.2) is 11.9 Å². The van der Waals surface area contributed by atoms with Crippen LogP contribution in [0.2, 0.25) is 0 Å². The third kappa shape index (κ3) is 2.65. The molecule has 1 saturated carbocycles. The van der Waals surface area contributed by atoms with E-state index in [0.717, 1.165) is 25.7 Å². The Kier molecular flexibility index (Phi) is 4.32. The zero-order chi connectivity index (χ0) is 19.5. The Balaban J connectivity index is 1.46. The smallest absolute Gasteiger partial charge is 0.340 e. The summed E-state index contributed by atoms with van der Waals surface area (Å²) in [7, 11) is 0. The van der Waals surface area contributed by atoms with Crippen molar-refractivity contribution in [2.24, 2.45) is 23.7 Å². The predicted octanol–water partition coefficient (Wildman–Crippen LogP) is 4.05. The van der Waals surface area contributed by atoms with E-state index in [-0.39, 0.29) is 17.8 Å². The van der Waals surface area contributed by atoms with Crippen molar-refractivity contribution in [3.63, 3.8) is 0 Å². The molecule has 5 fully saturated rings.